The molecule has 0 radical (unpaired) electrons. The summed E-state index contributed by atoms with van der Waals surface area (Å²) in [4.78, 5) is 14.6. The maximum atomic E-state index is 12.8. The quantitative estimate of drug-likeness (QED) is 0.723. The molecule has 1 aliphatic rings. The van der Waals surface area contributed by atoms with E-state index in [1.807, 2.05) is 23.9 Å². The standard InChI is InChI=1S/C18H19N3O3/c1-20-17-6-2-5-15(17)16(19-20)11-21(10-14-4-3-8-24-14)18(22)13-7-9-23-12-13/h3-4,7-9,12H,2,5-6,10-11H2,1H3. The zero-order chi connectivity index (χ0) is 16.5. The number of carbonyl (C=O) groups is 1. The molecular formula is C18H19N3O3. The minimum absolute atomic E-state index is 0.0856. The highest BCUT2D eigenvalue weighted by Gasteiger charge is 2.25. The van der Waals surface area contributed by atoms with Gasteiger partial charge in [-0.1, -0.05) is 0 Å². The molecule has 0 aliphatic heterocycles. The number of hydrogen-bond acceptors (Lipinski definition) is 4. The number of amides is 1. The van der Waals surface area contributed by atoms with Crippen molar-refractivity contribution >= 4 is 5.91 Å². The van der Waals surface area contributed by atoms with Gasteiger partial charge < -0.3 is 13.7 Å². The first kappa shape index (κ1) is 14.8. The van der Waals surface area contributed by atoms with E-state index in [2.05, 4.69) is 5.10 Å². The van der Waals surface area contributed by atoms with E-state index in [4.69, 9.17) is 8.83 Å². The Labute approximate surface area is 139 Å². The van der Waals surface area contributed by atoms with Gasteiger partial charge in [0.2, 0.25) is 0 Å². The van der Waals surface area contributed by atoms with Crippen LogP contribution in [0.2, 0.25) is 0 Å². The van der Waals surface area contributed by atoms with Crippen LogP contribution in [0.5, 0.6) is 0 Å². The van der Waals surface area contributed by atoms with Gasteiger partial charge in [0.25, 0.3) is 5.91 Å². The predicted octanol–water partition coefficient (Wildman–Crippen LogP) is 2.94. The molecule has 3 aromatic rings. The minimum atomic E-state index is -0.0856. The Hall–Kier alpha value is -2.76. The van der Waals surface area contributed by atoms with Gasteiger partial charge in [0, 0.05) is 12.7 Å². The molecule has 0 saturated carbocycles. The van der Waals surface area contributed by atoms with Gasteiger partial charge in [-0.3, -0.25) is 9.48 Å². The van der Waals surface area contributed by atoms with Crippen LogP contribution in [0.1, 0.15) is 39.5 Å². The summed E-state index contributed by atoms with van der Waals surface area (Å²) in [6.07, 6.45) is 7.85. The number of fused-ring (bicyclic) bond motifs is 1. The van der Waals surface area contributed by atoms with E-state index in [0.29, 0.717) is 18.7 Å². The highest BCUT2D eigenvalue weighted by Crippen LogP contribution is 2.26. The molecule has 0 spiro atoms. The number of rotatable bonds is 5. The zero-order valence-corrected chi connectivity index (χ0v) is 13.6. The molecule has 1 aliphatic carbocycles. The Balaban J connectivity index is 1.63. The Morgan fingerprint density at radius 2 is 2.21 bits per heavy atom. The van der Waals surface area contributed by atoms with Crippen molar-refractivity contribution in [2.24, 2.45) is 7.05 Å². The van der Waals surface area contributed by atoms with Crippen LogP contribution in [-0.4, -0.2) is 20.6 Å². The fourth-order valence-corrected chi connectivity index (χ4v) is 3.36. The molecule has 0 N–H and O–H groups in total. The third-order valence-electron chi connectivity index (χ3n) is 4.52. The third kappa shape index (κ3) is 2.64. The second-order valence-corrected chi connectivity index (χ2v) is 6.10. The first-order chi connectivity index (χ1) is 11.7. The number of aromatic nitrogens is 2. The molecular weight excluding hydrogens is 306 g/mol. The molecule has 0 saturated heterocycles. The van der Waals surface area contributed by atoms with E-state index >= 15 is 0 Å². The second kappa shape index (κ2) is 6.03. The van der Waals surface area contributed by atoms with E-state index in [1.54, 1.807) is 17.2 Å². The first-order valence-corrected chi connectivity index (χ1v) is 8.10. The Kier molecular flexibility index (Phi) is 3.72. The van der Waals surface area contributed by atoms with Crippen LogP contribution in [-0.2, 0) is 33.0 Å². The molecule has 3 aromatic heterocycles. The van der Waals surface area contributed by atoms with Crippen LogP contribution in [0.15, 0.2) is 45.8 Å². The van der Waals surface area contributed by atoms with Crippen LogP contribution in [0, 0.1) is 0 Å². The minimum Gasteiger partial charge on any atom is -0.472 e. The lowest BCUT2D eigenvalue weighted by Gasteiger charge is -2.20. The fraction of sp³-hybridized carbons (Fsp3) is 0.333. The van der Waals surface area contributed by atoms with Crippen LogP contribution >= 0.6 is 0 Å². The summed E-state index contributed by atoms with van der Waals surface area (Å²) < 4.78 is 12.4. The number of furan rings is 2. The van der Waals surface area contributed by atoms with Crippen LogP contribution in [0.4, 0.5) is 0 Å². The van der Waals surface area contributed by atoms with Gasteiger partial charge in [0.1, 0.15) is 12.0 Å². The summed E-state index contributed by atoms with van der Waals surface area (Å²) >= 11 is 0. The summed E-state index contributed by atoms with van der Waals surface area (Å²) in [5, 5.41) is 4.63. The molecule has 4 rings (SSSR count). The summed E-state index contributed by atoms with van der Waals surface area (Å²) in [7, 11) is 1.97. The smallest absolute Gasteiger partial charge is 0.257 e. The average molecular weight is 325 g/mol. The van der Waals surface area contributed by atoms with E-state index in [0.717, 1.165) is 30.7 Å². The summed E-state index contributed by atoms with van der Waals surface area (Å²) in [6.45, 7) is 0.871. The highest BCUT2D eigenvalue weighted by molar-refractivity contribution is 5.93. The Morgan fingerprint density at radius 3 is 2.96 bits per heavy atom. The molecule has 0 unspecified atom stereocenters. The summed E-state index contributed by atoms with van der Waals surface area (Å²) in [6, 6.07) is 5.38. The van der Waals surface area contributed by atoms with Crippen molar-refractivity contribution < 1.29 is 13.6 Å². The molecule has 24 heavy (non-hydrogen) atoms. The molecule has 0 bridgehead atoms. The van der Waals surface area contributed by atoms with Crippen molar-refractivity contribution in [1.29, 1.82) is 0 Å². The lowest BCUT2D eigenvalue weighted by molar-refractivity contribution is 0.0714. The van der Waals surface area contributed by atoms with E-state index in [-0.39, 0.29) is 5.91 Å². The van der Waals surface area contributed by atoms with Crippen molar-refractivity contribution in [2.45, 2.75) is 32.4 Å². The van der Waals surface area contributed by atoms with E-state index in [1.165, 1.54) is 23.8 Å². The maximum absolute atomic E-state index is 12.8. The van der Waals surface area contributed by atoms with Crippen LogP contribution < -0.4 is 0 Å². The molecule has 0 atom stereocenters. The molecule has 6 heteroatoms. The van der Waals surface area contributed by atoms with Crippen molar-refractivity contribution in [3.8, 4) is 0 Å². The Bertz CT molecular complexity index is 831. The van der Waals surface area contributed by atoms with E-state index in [9.17, 15) is 4.79 Å². The zero-order valence-electron chi connectivity index (χ0n) is 13.6. The third-order valence-corrected chi connectivity index (χ3v) is 4.52. The van der Waals surface area contributed by atoms with Gasteiger partial charge in [-0.15, -0.1) is 0 Å². The number of nitrogens with zero attached hydrogens (tertiary/aromatic N) is 3. The number of carbonyl (C=O) groups excluding carboxylic acids is 1. The van der Waals surface area contributed by atoms with Crippen LogP contribution in [0.3, 0.4) is 0 Å². The lowest BCUT2D eigenvalue weighted by Crippen LogP contribution is -2.30. The predicted molar refractivity (Wildman–Crippen MR) is 86.2 cm³/mol. The molecule has 0 aromatic carbocycles. The second-order valence-electron chi connectivity index (χ2n) is 6.10. The van der Waals surface area contributed by atoms with Crippen molar-refractivity contribution in [1.82, 2.24) is 14.7 Å². The summed E-state index contributed by atoms with van der Waals surface area (Å²) in [5.41, 5.74) is 4.10. The van der Waals surface area contributed by atoms with Crippen molar-refractivity contribution in [3.05, 3.63) is 65.3 Å². The topological polar surface area (TPSA) is 64.4 Å². The van der Waals surface area contributed by atoms with E-state index < -0.39 is 0 Å². The maximum Gasteiger partial charge on any atom is 0.257 e. The summed E-state index contributed by atoms with van der Waals surface area (Å²) in [5.74, 6) is 0.664. The number of hydrogen-bond donors (Lipinski definition) is 0. The van der Waals surface area contributed by atoms with Gasteiger partial charge in [-0.05, 0) is 43.0 Å². The monoisotopic (exact) mass is 325 g/mol. The first-order valence-electron chi connectivity index (χ1n) is 8.10. The van der Waals surface area contributed by atoms with Gasteiger partial charge >= 0.3 is 0 Å². The lowest BCUT2D eigenvalue weighted by atomic mass is 10.1. The fourth-order valence-electron chi connectivity index (χ4n) is 3.36. The van der Waals surface area contributed by atoms with Gasteiger partial charge in [0.15, 0.2) is 0 Å². The molecule has 124 valence electrons. The van der Waals surface area contributed by atoms with Crippen LogP contribution in [0.25, 0.3) is 0 Å². The molecule has 1 amide bonds. The van der Waals surface area contributed by atoms with Gasteiger partial charge in [-0.2, -0.15) is 5.10 Å². The average Bonchev–Trinajstić information content (AvgIpc) is 3.35. The molecule has 6 nitrogen and oxygen atoms in total. The van der Waals surface area contributed by atoms with Gasteiger partial charge in [0.05, 0.1) is 36.9 Å². The normalized spacial score (nSPS) is 13.2. The van der Waals surface area contributed by atoms with Crippen molar-refractivity contribution in [2.75, 3.05) is 0 Å². The Morgan fingerprint density at radius 1 is 1.29 bits per heavy atom. The highest BCUT2D eigenvalue weighted by atomic mass is 16.3. The largest absolute Gasteiger partial charge is 0.472 e. The number of aryl methyl sites for hydroxylation is 1. The van der Waals surface area contributed by atoms with Gasteiger partial charge in [-0.25, -0.2) is 0 Å². The molecule has 3 heterocycles. The van der Waals surface area contributed by atoms with Crippen molar-refractivity contribution in [3.63, 3.8) is 0 Å². The molecule has 0 fully saturated rings. The SMILES string of the molecule is Cn1nc(CN(Cc2ccco2)C(=O)c2ccoc2)c2c1CCC2.